The topological polar surface area (TPSA) is 38.3 Å². The van der Waals surface area contributed by atoms with Crippen molar-refractivity contribution in [2.45, 2.75) is 11.8 Å². The molecule has 1 N–H and O–H groups in total. The third-order valence-corrected chi connectivity index (χ3v) is 4.53. The molecule has 2 fully saturated rings. The molecule has 3 atom stereocenters. The average molecular weight is 215 g/mol. The number of fused-ring (bicyclic) bond motifs is 1. The van der Waals surface area contributed by atoms with Gasteiger partial charge in [0.25, 0.3) is 0 Å². The lowest BCUT2D eigenvalue weighted by atomic mass is 9.50. The largest absolute Gasteiger partial charge is 0.380 e. The van der Waals surface area contributed by atoms with Crippen molar-refractivity contribution >= 4 is 11.6 Å². The van der Waals surface area contributed by atoms with Gasteiger partial charge in [-0.15, -0.1) is 0 Å². The Morgan fingerprint density at radius 3 is 3.12 bits per heavy atom. The molecule has 16 heavy (non-hydrogen) atoms. The van der Waals surface area contributed by atoms with Crippen LogP contribution in [0.25, 0.3) is 0 Å². The SMILES string of the molecule is O=C1Nc2ccccc2[C@@]23COC[C@@H]2C[C@@H]13. The van der Waals surface area contributed by atoms with Crippen LogP contribution in [0, 0.1) is 11.8 Å². The Bertz CT molecular complexity index is 485. The molecule has 1 aromatic carbocycles. The number of ether oxygens (including phenoxy) is 1. The van der Waals surface area contributed by atoms with Crippen molar-refractivity contribution in [1.29, 1.82) is 0 Å². The van der Waals surface area contributed by atoms with Gasteiger partial charge in [-0.1, -0.05) is 18.2 Å². The van der Waals surface area contributed by atoms with Gasteiger partial charge in [0, 0.05) is 11.1 Å². The van der Waals surface area contributed by atoms with E-state index in [1.807, 2.05) is 12.1 Å². The number of carbonyl (C=O) groups is 1. The number of carbonyl (C=O) groups excluding carboxylic acids is 1. The summed E-state index contributed by atoms with van der Waals surface area (Å²) in [6, 6.07) is 8.16. The first-order chi connectivity index (χ1) is 7.82. The molecule has 0 unspecified atom stereocenters. The zero-order valence-electron chi connectivity index (χ0n) is 8.90. The molecule has 1 saturated heterocycles. The van der Waals surface area contributed by atoms with Gasteiger partial charge in [0.15, 0.2) is 0 Å². The molecule has 1 spiro atoms. The van der Waals surface area contributed by atoms with Crippen LogP contribution in [0.2, 0.25) is 0 Å². The van der Waals surface area contributed by atoms with E-state index >= 15 is 0 Å². The van der Waals surface area contributed by atoms with Gasteiger partial charge in [0.2, 0.25) is 5.91 Å². The summed E-state index contributed by atoms with van der Waals surface area (Å²) in [6.45, 7) is 1.53. The highest BCUT2D eigenvalue weighted by molar-refractivity contribution is 5.98. The van der Waals surface area contributed by atoms with E-state index in [1.165, 1.54) is 5.56 Å². The second-order valence-electron chi connectivity index (χ2n) is 5.08. The molecule has 3 nitrogen and oxygen atoms in total. The standard InChI is InChI=1S/C13H13NO2/c15-12-10-5-8-6-16-7-13(8,10)9-3-1-2-4-11(9)14-12/h1-4,8,10H,5-7H2,(H,14,15)/t8-,10-,13+/m0/s1. The maximum Gasteiger partial charge on any atom is 0.228 e. The number of rotatable bonds is 0. The molecule has 2 aliphatic heterocycles. The van der Waals surface area contributed by atoms with Gasteiger partial charge in [-0.05, 0) is 24.0 Å². The lowest BCUT2D eigenvalue weighted by Crippen LogP contribution is -2.59. The molecule has 0 bridgehead atoms. The molecule has 1 saturated carbocycles. The molecule has 0 aromatic heterocycles. The molecular formula is C13H13NO2. The van der Waals surface area contributed by atoms with Crippen molar-refractivity contribution < 1.29 is 9.53 Å². The second-order valence-corrected chi connectivity index (χ2v) is 5.08. The summed E-state index contributed by atoms with van der Waals surface area (Å²) in [5.74, 6) is 0.861. The molecule has 3 heteroatoms. The lowest BCUT2D eigenvalue weighted by molar-refractivity contribution is -0.129. The predicted octanol–water partition coefficient (Wildman–Crippen LogP) is 1.54. The van der Waals surface area contributed by atoms with Gasteiger partial charge in [0.05, 0.1) is 19.1 Å². The zero-order valence-corrected chi connectivity index (χ0v) is 8.90. The van der Waals surface area contributed by atoms with E-state index in [1.54, 1.807) is 0 Å². The monoisotopic (exact) mass is 215 g/mol. The minimum absolute atomic E-state index is 0.00106. The molecule has 1 aromatic rings. The Balaban J connectivity index is 1.95. The normalized spacial score (nSPS) is 39.1. The summed E-state index contributed by atoms with van der Waals surface area (Å²) in [5.41, 5.74) is 2.27. The maximum absolute atomic E-state index is 12.0. The third kappa shape index (κ3) is 0.789. The number of anilines is 1. The predicted molar refractivity (Wildman–Crippen MR) is 59.2 cm³/mol. The summed E-state index contributed by atoms with van der Waals surface area (Å²) < 4.78 is 5.62. The van der Waals surface area contributed by atoms with Crippen LogP contribution >= 0.6 is 0 Å². The van der Waals surface area contributed by atoms with E-state index in [4.69, 9.17) is 4.74 Å². The maximum atomic E-state index is 12.0. The summed E-state index contributed by atoms with van der Waals surface area (Å²) in [6.07, 6.45) is 0.986. The van der Waals surface area contributed by atoms with Crippen LogP contribution in [0.3, 0.4) is 0 Å². The summed E-state index contributed by atoms with van der Waals surface area (Å²) in [5, 5.41) is 3.00. The average Bonchev–Trinajstić information content (AvgIpc) is 2.57. The van der Waals surface area contributed by atoms with E-state index in [0.717, 1.165) is 18.7 Å². The first-order valence-corrected chi connectivity index (χ1v) is 5.80. The van der Waals surface area contributed by atoms with Gasteiger partial charge < -0.3 is 10.1 Å². The zero-order chi connectivity index (χ0) is 10.8. The molecule has 1 aliphatic carbocycles. The number of para-hydroxylation sites is 1. The number of nitrogens with one attached hydrogen (secondary N) is 1. The summed E-state index contributed by atoms with van der Waals surface area (Å²) in [7, 11) is 0. The van der Waals surface area contributed by atoms with E-state index in [-0.39, 0.29) is 17.2 Å². The van der Waals surface area contributed by atoms with Crippen LogP contribution in [-0.2, 0) is 14.9 Å². The number of benzene rings is 1. The first-order valence-electron chi connectivity index (χ1n) is 5.80. The van der Waals surface area contributed by atoms with Gasteiger partial charge in [-0.3, -0.25) is 4.79 Å². The molecule has 3 aliphatic rings. The van der Waals surface area contributed by atoms with E-state index in [2.05, 4.69) is 17.4 Å². The highest BCUT2D eigenvalue weighted by atomic mass is 16.5. The van der Waals surface area contributed by atoms with Crippen LogP contribution < -0.4 is 5.32 Å². The van der Waals surface area contributed by atoms with Gasteiger partial charge in [0.1, 0.15) is 0 Å². The molecule has 82 valence electrons. The fourth-order valence-corrected chi connectivity index (χ4v) is 3.68. The molecular weight excluding hydrogens is 202 g/mol. The number of hydrogen-bond donors (Lipinski definition) is 1. The second kappa shape index (κ2) is 2.66. The lowest BCUT2D eigenvalue weighted by Gasteiger charge is -2.53. The number of amides is 1. The van der Waals surface area contributed by atoms with Crippen LogP contribution in [0.1, 0.15) is 12.0 Å². The Morgan fingerprint density at radius 1 is 1.38 bits per heavy atom. The van der Waals surface area contributed by atoms with Gasteiger partial charge in [-0.25, -0.2) is 0 Å². The van der Waals surface area contributed by atoms with E-state index < -0.39 is 0 Å². The Kier molecular flexibility index (Phi) is 1.46. The molecule has 4 rings (SSSR count). The Labute approximate surface area is 93.8 Å². The Morgan fingerprint density at radius 2 is 2.25 bits per heavy atom. The van der Waals surface area contributed by atoms with Crippen LogP contribution in [0.15, 0.2) is 24.3 Å². The number of hydrogen-bond acceptors (Lipinski definition) is 2. The first kappa shape index (κ1) is 8.76. The van der Waals surface area contributed by atoms with Crippen molar-refractivity contribution in [2.75, 3.05) is 18.5 Å². The highest BCUT2D eigenvalue weighted by Gasteiger charge is 2.64. The summed E-state index contributed by atoms with van der Waals surface area (Å²) >= 11 is 0. The fourth-order valence-electron chi connectivity index (χ4n) is 3.68. The third-order valence-electron chi connectivity index (χ3n) is 4.53. The molecule has 1 amide bonds. The van der Waals surface area contributed by atoms with Gasteiger partial charge >= 0.3 is 0 Å². The quantitative estimate of drug-likeness (QED) is 0.713. The minimum atomic E-state index is -0.00106. The van der Waals surface area contributed by atoms with Crippen molar-refractivity contribution in [1.82, 2.24) is 0 Å². The van der Waals surface area contributed by atoms with Crippen LogP contribution in [0.5, 0.6) is 0 Å². The van der Waals surface area contributed by atoms with Crippen molar-refractivity contribution in [3.8, 4) is 0 Å². The van der Waals surface area contributed by atoms with E-state index in [9.17, 15) is 4.79 Å². The molecule has 2 heterocycles. The smallest absolute Gasteiger partial charge is 0.228 e. The van der Waals surface area contributed by atoms with E-state index in [0.29, 0.717) is 12.5 Å². The highest BCUT2D eigenvalue weighted by Crippen LogP contribution is 2.60. The minimum Gasteiger partial charge on any atom is -0.380 e. The summed E-state index contributed by atoms with van der Waals surface area (Å²) in [4.78, 5) is 12.0. The van der Waals surface area contributed by atoms with Crippen molar-refractivity contribution in [2.24, 2.45) is 11.8 Å². The molecule has 0 radical (unpaired) electrons. The van der Waals surface area contributed by atoms with Crippen molar-refractivity contribution in [3.63, 3.8) is 0 Å². The van der Waals surface area contributed by atoms with Crippen molar-refractivity contribution in [3.05, 3.63) is 29.8 Å². The fraction of sp³-hybridized carbons (Fsp3) is 0.462. The van der Waals surface area contributed by atoms with Crippen LogP contribution in [0.4, 0.5) is 5.69 Å². The Hall–Kier alpha value is -1.35. The van der Waals surface area contributed by atoms with Gasteiger partial charge in [-0.2, -0.15) is 0 Å². The van der Waals surface area contributed by atoms with Crippen LogP contribution in [-0.4, -0.2) is 19.1 Å².